The zero-order valence-corrected chi connectivity index (χ0v) is 12.5. The number of amides is 1. The third-order valence-electron chi connectivity index (χ3n) is 3.37. The fourth-order valence-electron chi connectivity index (χ4n) is 2.39. The Hall–Kier alpha value is -2.24. The van der Waals surface area contributed by atoms with Gasteiger partial charge in [0.1, 0.15) is 12.4 Å². The topological polar surface area (TPSA) is 52.9 Å². The van der Waals surface area contributed by atoms with Gasteiger partial charge in [-0.15, -0.1) is 0 Å². The summed E-state index contributed by atoms with van der Waals surface area (Å²) in [4.78, 5) is 17.2. The van der Waals surface area contributed by atoms with Gasteiger partial charge in [0.2, 0.25) is 5.91 Å². The lowest BCUT2D eigenvalue weighted by atomic mass is 9.99. The fraction of sp³-hybridized carbons (Fsp3) is 0.176. The van der Waals surface area contributed by atoms with Gasteiger partial charge in [-0.3, -0.25) is 9.79 Å². The van der Waals surface area contributed by atoms with Crippen molar-refractivity contribution >= 4 is 28.9 Å². The maximum Gasteiger partial charge on any atom is 0.248 e. The minimum absolute atomic E-state index is 0.0770. The minimum Gasteiger partial charge on any atom is -0.395 e. The van der Waals surface area contributed by atoms with E-state index in [1.54, 1.807) is 6.07 Å². The highest BCUT2D eigenvalue weighted by molar-refractivity contribution is 6.32. The van der Waals surface area contributed by atoms with Crippen LogP contribution in [0.4, 0.5) is 10.1 Å². The van der Waals surface area contributed by atoms with E-state index in [0.717, 1.165) is 0 Å². The van der Waals surface area contributed by atoms with E-state index in [-0.39, 0.29) is 27.5 Å². The summed E-state index contributed by atoms with van der Waals surface area (Å²) in [6, 6.07) is 9.83. The van der Waals surface area contributed by atoms with Gasteiger partial charge < -0.3 is 10.0 Å². The number of aliphatic hydroxyl groups is 1. The molecule has 0 radical (unpaired) electrons. The van der Waals surface area contributed by atoms with Crippen LogP contribution >= 0.6 is 11.6 Å². The van der Waals surface area contributed by atoms with Gasteiger partial charge in [0.15, 0.2) is 0 Å². The number of fused-ring (bicyclic) bond motifs is 1. The van der Waals surface area contributed by atoms with Crippen molar-refractivity contribution < 1.29 is 19.8 Å². The Morgan fingerprint density at radius 3 is 2.83 bits per heavy atom. The largest absolute Gasteiger partial charge is 0.395 e. The van der Waals surface area contributed by atoms with Crippen LogP contribution in [0.15, 0.2) is 47.5 Å². The molecule has 0 saturated carbocycles. The number of β-amino-alcohol motifs (C(OH)–C–C–N with tert-alkyl or cyclic N) is 1. The second-order valence-electron chi connectivity index (χ2n) is 4.76. The van der Waals surface area contributed by atoms with Crippen LogP contribution in [0, 0.1) is 5.82 Å². The average molecular weight is 337 g/mol. The molecular formula is C17H14ClFN2O2. The number of hydrogen-bond donors (Lipinski definition) is 1. The molecular weight excluding hydrogens is 319 g/mol. The van der Waals surface area contributed by atoms with Gasteiger partial charge in [-0.1, -0.05) is 23.7 Å². The van der Waals surface area contributed by atoms with Gasteiger partial charge in [-0.2, -0.15) is 0 Å². The molecule has 1 N–H and O–H groups in total. The van der Waals surface area contributed by atoms with Crippen LogP contribution in [0.1, 0.15) is 16.6 Å². The molecule has 118 valence electrons. The van der Waals surface area contributed by atoms with Gasteiger partial charge in [0.05, 0.1) is 23.4 Å². The number of benzodiazepines with no additional fused rings is 1. The number of aliphatic imine (C=N–C) groups is 1. The summed E-state index contributed by atoms with van der Waals surface area (Å²) in [6.07, 6.45) is 0. The van der Waals surface area contributed by atoms with Gasteiger partial charge in [0.25, 0.3) is 0 Å². The molecule has 0 aliphatic carbocycles. The van der Waals surface area contributed by atoms with Gasteiger partial charge >= 0.3 is 0 Å². The van der Waals surface area contributed by atoms with Crippen LogP contribution in [0.2, 0.25) is 5.02 Å². The van der Waals surface area contributed by atoms with E-state index in [1.807, 2.05) is 0 Å². The molecule has 0 fully saturated rings. The van der Waals surface area contributed by atoms with Crippen molar-refractivity contribution in [3.8, 4) is 0 Å². The summed E-state index contributed by atoms with van der Waals surface area (Å²) in [7, 11) is 0. The van der Waals surface area contributed by atoms with Crippen LogP contribution in [0.3, 0.4) is 0 Å². The van der Waals surface area contributed by atoms with Crippen LogP contribution in [0.25, 0.3) is 0 Å². The van der Waals surface area contributed by atoms with Crippen LogP contribution in [-0.4, -0.2) is 36.3 Å². The molecule has 2 aromatic carbocycles. The summed E-state index contributed by atoms with van der Waals surface area (Å²) in [5.74, 6) is -1.49. The molecule has 0 bridgehead atoms. The molecule has 3 rings (SSSR count). The van der Waals surface area contributed by atoms with Crippen LogP contribution < -0.4 is 4.90 Å². The molecule has 1 heterocycles. The van der Waals surface area contributed by atoms with Gasteiger partial charge in [-0.25, -0.2) is 4.39 Å². The van der Waals surface area contributed by atoms with Gasteiger partial charge in [0, 0.05) is 22.6 Å². The second kappa shape index (κ2) is 6.48. The molecule has 0 unspecified atom stereocenters. The first-order valence-corrected chi connectivity index (χ1v) is 7.06. The van der Waals surface area contributed by atoms with Crippen molar-refractivity contribution in [1.82, 2.24) is 0 Å². The lowest BCUT2D eigenvalue weighted by Crippen LogP contribution is -2.34. The van der Waals surface area contributed by atoms with E-state index in [0.29, 0.717) is 4.90 Å². The molecule has 1 aliphatic rings. The number of halogens is 2. The van der Waals surface area contributed by atoms with E-state index in [1.165, 1.54) is 36.4 Å². The van der Waals surface area contributed by atoms with E-state index >= 15 is 0 Å². The first-order valence-electron chi connectivity index (χ1n) is 8.69. The predicted octanol–water partition coefficient (Wildman–Crippen LogP) is 2.66. The van der Waals surface area contributed by atoms with Crippen molar-refractivity contribution in [2.75, 3.05) is 24.5 Å². The Labute approximate surface area is 143 Å². The van der Waals surface area contributed by atoms with Crippen molar-refractivity contribution in [2.45, 2.75) is 0 Å². The van der Waals surface area contributed by atoms with E-state index < -0.39 is 31.3 Å². The third-order valence-corrected chi connectivity index (χ3v) is 3.60. The Kier molecular flexibility index (Phi) is 3.19. The third kappa shape index (κ3) is 2.98. The molecule has 0 atom stereocenters. The van der Waals surface area contributed by atoms with E-state index in [9.17, 15) is 14.3 Å². The number of carbonyl (C=O) groups is 1. The minimum atomic E-state index is -3.36. The number of benzene rings is 2. The lowest BCUT2D eigenvalue weighted by molar-refractivity contribution is -0.117. The number of rotatable bonds is 3. The summed E-state index contributed by atoms with van der Waals surface area (Å²) >= 11 is 6.04. The van der Waals surface area contributed by atoms with Crippen molar-refractivity contribution in [3.63, 3.8) is 0 Å². The zero-order chi connectivity index (χ0) is 20.0. The average Bonchev–Trinajstić information content (AvgIpc) is 2.71. The standard InChI is InChI=1S/C17H14ClFN2O2/c18-11-5-6-15-13(9-11)17(12-3-1-2-4-14(12)19)20-10-16(23)21(15)7-8-22/h1-6,9,22H,7-8,10H2/i7D2,8D2. The molecule has 1 aliphatic heterocycles. The molecule has 0 spiro atoms. The van der Waals surface area contributed by atoms with Crippen LogP contribution in [0.5, 0.6) is 0 Å². The van der Waals surface area contributed by atoms with Crippen molar-refractivity contribution in [2.24, 2.45) is 4.99 Å². The molecule has 2 aromatic rings. The fourth-order valence-corrected chi connectivity index (χ4v) is 2.56. The maximum absolute atomic E-state index is 14.3. The Bertz CT molecular complexity index is 947. The maximum atomic E-state index is 14.3. The zero-order valence-electron chi connectivity index (χ0n) is 15.8. The van der Waals surface area contributed by atoms with E-state index in [2.05, 4.69) is 4.99 Å². The Morgan fingerprint density at radius 2 is 2.09 bits per heavy atom. The smallest absolute Gasteiger partial charge is 0.248 e. The highest BCUT2D eigenvalue weighted by Gasteiger charge is 2.26. The monoisotopic (exact) mass is 336 g/mol. The number of anilines is 1. The number of hydrogen-bond acceptors (Lipinski definition) is 3. The van der Waals surface area contributed by atoms with Crippen LogP contribution in [-0.2, 0) is 4.79 Å². The molecule has 0 aromatic heterocycles. The number of nitrogens with zero attached hydrogens (tertiary/aromatic N) is 2. The normalized spacial score (nSPS) is 18.1. The second-order valence-corrected chi connectivity index (χ2v) is 5.20. The summed E-state index contributed by atoms with van der Waals surface area (Å²) in [6.45, 7) is -7.03. The van der Waals surface area contributed by atoms with Gasteiger partial charge in [-0.05, 0) is 30.3 Å². The highest BCUT2D eigenvalue weighted by Crippen LogP contribution is 2.30. The predicted molar refractivity (Wildman–Crippen MR) is 87.8 cm³/mol. The number of carbonyl (C=O) groups excluding carboxylic acids is 1. The summed E-state index contributed by atoms with van der Waals surface area (Å²) in [5, 5.41) is 9.89. The van der Waals surface area contributed by atoms with Crippen molar-refractivity contribution in [3.05, 3.63) is 64.4 Å². The highest BCUT2D eigenvalue weighted by atomic mass is 35.5. The Balaban J connectivity index is 2.28. The SMILES string of the molecule is [2H]C([2H])(O)C([2H])([2H])N1C(=O)CN=C(c2ccccc2F)c2cc(Cl)ccc21. The lowest BCUT2D eigenvalue weighted by Gasteiger charge is -2.22. The molecule has 23 heavy (non-hydrogen) atoms. The quantitative estimate of drug-likeness (QED) is 0.937. The molecule has 4 nitrogen and oxygen atoms in total. The molecule has 6 heteroatoms. The summed E-state index contributed by atoms with van der Waals surface area (Å²) < 4.78 is 45.1. The van der Waals surface area contributed by atoms with E-state index in [4.69, 9.17) is 17.1 Å². The summed E-state index contributed by atoms with van der Waals surface area (Å²) in [5.41, 5.74) is 0.234. The first kappa shape index (κ1) is 11.3. The van der Waals surface area contributed by atoms with Crippen molar-refractivity contribution in [1.29, 1.82) is 0 Å². The molecule has 0 saturated heterocycles. The molecule has 1 amide bonds. The Morgan fingerprint density at radius 1 is 1.30 bits per heavy atom. The first-order chi connectivity index (χ1) is 12.5.